The predicted octanol–water partition coefficient (Wildman–Crippen LogP) is 3.07. The van der Waals surface area contributed by atoms with E-state index < -0.39 is 0 Å². The van der Waals surface area contributed by atoms with Gasteiger partial charge in [0.15, 0.2) is 0 Å². The van der Waals surface area contributed by atoms with Crippen molar-refractivity contribution in [2.75, 3.05) is 25.0 Å². The molecule has 0 radical (unpaired) electrons. The lowest BCUT2D eigenvalue weighted by Crippen LogP contribution is -2.29. The third-order valence-electron chi connectivity index (χ3n) is 2.77. The highest BCUT2D eigenvalue weighted by Crippen LogP contribution is 2.29. The highest BCUT2D eigenvalue weighted by atomic mass is 35.5. The number of carbonyl (C=O) groups is 1. The minimum absolute atomic E-state index is 0.171. The molecule has 0 aliphatic rings. The Labute approximate surface area is 129 Å². The molecule has 0 fully saturated rings. The van der Waals surface area contributed by atoms with Crippen molar-refractivity contribution in [1.29, 1.82) is 0 Å². The zero-order valence-electron chi connectivity index (χ0n) is 11.3. The molecule has 112 valence electrons. The third kappa shape index (κ3) is 6.57. The van der Waals surface area contributed by atoms with Crippen LogP contribution in [0.15, 0.2) is 18.2 Å². The van der Waals surface area contributed by atoms with Crippen LogP contribution in [-0.4, -0.2) is 30.7 Å². The van der Waals surface area contributed by atoms with Crippen LogP contribution in [0.4, 0.5) is 5.69 Å². The van der Waals surface area contributed by atoms with Crippen molar-refractivity contribution in [3.8, 4) is 0 Å². The summed E-state index contributed by atoms with van der Waals surface area (Å²) < 4.78 is 0. The molecule has 0 atom stereocenters. The highest BCUT2D eigenvalue weighted by molar-refractivity contribution is 6.39. The topological polar surface area (TPSA) is 61.4 Å². The molecule has 4 nitrogen and oxygen atoms in total. The van der Waals surface area contributed by atoms with E-state index in [2.05, 4.69) is 10.6 Å². The molecule has 3 N–H and O–H groups in total. The van der Waals surface area contributed by atoms with E-state index in [9.17, 15) is 4.79 Å². The van der Waals surface area contributed by atoms with Crippen LogP contribution in [0, 0.1) is 0 Å². The van der Waals surface area contributed by atoms with Gasteiger partial charge in [-0.05, 0) is 31.5 Å². The summed E-state index contributed by atoms with van der Waals surface area (Å²) in [5.74, 6) is -0.171. The van der Waals surface area contributed by atoms with Crippen LogP contribution in [0.2, 0.25) is 10.0 Å². The maximum Gasteiger partial charge on any atom is 0.238 e. The summed E-state index contributed by atoms with van der Waals surface area (Å²) in [7, 11) is 0. The van der Waals surface area contributed by atoms with Crippen molar-refractivity contribution in [2.24, 2.45) is 0 Å². The molecule has 0 aliphatic heterocycles. The average Bonchev–Trinajstić information content (AvgIpc) is 2.42. The number of hydrogen-bond donors (Lipinski definition) is 3. The number of rotatable bonds is 9. The molecule has 20 heavy (non-hydrogen) atoms. The van der Waals surface area contributed by atoms with E-state index in [1.807, 2.05) is 0 Å². The van der Waals surface area contributed by atoms with Crippen molar-refractivity contribution in [3.05, 3.63) is 28.2 Å². The fourth-order valence-electron chi connectivity index (χ4n) is 1.72. The van der Waals surface area contributed by atoms with Gasteiger partial charge < -0.3 is 15.7 Å². The number of para-hydroxylation sites is 1. The first-order valence-electron chi connectivity index (χ1n) is 6.70. The average molecular weight is 319 g/mol. The van der Waals surface area contributed by atoms with Crippen LogP contribution in [0.3, 0.4) is 0 Å². The number of hydrogen-bond acceptors (Lipinski definition) is 3. The Bertz CT molecular complexity index is 407. The summed E-state index contributed by atoms with van der Waals surface area (Å²) in [6.07, 6.45) is 3.89. The molecule has 0 bridgehead atoms. The van der Waals surface area contributed by atoms with Gasteiger partial charge in [0.05, 0.1) is 22.3 Å². The Balaban J connectivity index is 2.21. The van der Waals surface area contributed by atoms with Crippen molar-refractivity contribution in [1.82, 2.24) is 5.32 Å². The standard InChI is InChI=1S/C14H20Cl2N2O2/c15-11-6-5-7-12(16)14(11)18-13(20)10-17-8-3-1-2-4-9-19/h5-7,17,19H,1-4,8-10H2,(H,18,20). The third-order valence-corrected chi connectivity index (χ3v) is 3.40. The van der Waals surface area contributed by atoms with Gasteiger partial charge in [0.25, 0.3) is 0 Å². The van der Waals surface area contributed by atoms with Gasteiger partial charge in [-0.15, -0.1) is 0 Å². The molecule has 1 aromatic carbocycles. The fraction of sp³-hybridized carbons (Fsp3) is 0.500. The Hall–Kier alpha value is -0.810. The number of benzene rings is 1. The van der Waals surface area contributed by atoms with Crippen LogP contribution >= 0.6 is 23.2 Å². The number of aliphatic hydroxyl groups excluding tert-OH is 1. The van der Waals surface area contributed by atoms with Crippen LogP contribution in [0.25, 0.3) is 0 Å². The maximum absolute atomic E-state index is 11.7. The first-order valence-corrected chi connectivity index (χ1v) is 7.46. The summed E-state index contributed by atoms with van der Waals surface area (Å²) >= 11 is 11.9. The van der Waals surface area contributed by atoms with E-state index in [0.29, 0.717) is 15.7 Å². The quantitative estimate of drug-likeness (QED) is 0.613. The lowest BCUT2D eigenvalue weighted by atomic mass is 10.2. The Morgan fingerprint density at radius 1 is 1.10 bits per heavy atom. The summed E-state index contributed by atoms with van der Waals surface area (Å²) in [5.41, 5.74) is 0.450. The van der Waals surface area contributed by atoms with Crippen LogP contribution in [0.1, 0.15) is 25.7 Å². The van der Waals surface area contributed by atoms with Gasteiger partial charge >= 0.3 is 0 Å². The highest BCUT2D eigenvalue weighted by Gasteiger charge is 2.08. The Morgan fingerprint density at radius 3 is 2.40 bits per heavy atom. The SMILES string of the molecule is O=C(CNCCCCCCO)Nc1c(Cl)cccc1Cl. The van der Waals surface area contributed by atoms with Gasteiger partial charge in [-0.2, -0.15) is 0 Å². The molecule has 0 spiro atoms. The number of carbonyl (C=O) groups excluding carboxylic acids is 1. The zero-order chi connectivity index (χ0) is 14.8. The largest absolute Gasteiger partial charge is 0.396 e. The first-order chi connectivity index (χ1) is 9.65. The molecule has 1 aromatic rings. The summed E-state index contributed by atoms with van der Waals surface area (Å²) in [6, 6.07) is 5.08. The van der Waals surface area contributed by atoms with E-state index in [0.717, 1.165) is 32.2 Å². The van der Waals surface area contributed by atoms with Gasteiger partial charge in [-0.1, -0.05) is 42.1 Å². The van der Waals surface area contributed by atoms with Gasteiger partial charge in [0, 0.05) is 6.61 Å². The maximum atomic E-state index is 11.7. The van der Waals surface area contributed by atoms with Crippen LogP contribution in [-0.2, 0) is 4.79 Å². The number of unbranched alkanes of at least 4 members (excludes halogenated alkanes) is 3. The molecule has 1 amide bonds. The second-order valence-electron chi connectivity index (χ2n) is 4.46. The molecule has 0 saturated heterocycles. The molecule has 0 aromatic heterocycles. The van der Waals surface area contributed by atoms with Crippen LogP contribution < -0.4 is 10.6 Å². The molecule has 1 rings (SSSR count). The molecule has 0 saturated carbocycles. The van der Waals surface area contributed by atoms with Crippen LogP contribution in [0.5, 0.6) is 0 Å². The number of anilines is 1. The van der Waals surface area contributed by atoms with E-state index in [1.165, 1.54) is 0 Å². The summed E-state index contributed by atoms with van der Waals surface area (Å²) in [4.78, 5) is 11.7. The lowest BCUT2D eigenvalue weighted by Gasteiger charge is -2.09. The van der Waals surface area contributed by atoms with Gasteiger partial charge in [-0.25, -0.2) is 0 Å². The monoisotopic (exact) mass is 318 g/mol. The van der Waals surface area contributed by atoms with E-state index >= 15 is 0 Å². The molecular formula is C14H20Cl2N2O2. The van der Waals surface area contributed by atoms with Crippen molar-refractivity contribution in [2.45, 2.75) is 25.7 Å². The second kappa shape index (κ2) is 10.00. The number of halogens is 2. The summed E-state index contributed by atoms with van der Waals surface area (Å²) in [5, 5.41) is 15.2. The van der Waals surface area contributed by atoms with Gasteiger partial charge in [-0.3, -0.25) is 4.79 Å². The zero-order valence-corrected chi connectivity index (χ0v) is 12.8. The van der Waals surface area contributed by atoms with Gasteiger partial charge in [0.1, 0.15) is 0 Å². The number of aliphatic hydroxyl groups is 1. The molecule has 6 heteroatoms. The lowest BCUT2D eigenvalue weighted by molar-refractivity contribution is -0.115. The fourth-order valence-corrected chi connectivity index (χ4v) is 2.21. The molecule has 0 heterocycles. The van der Waals surface area contributed by atoms with Crippen molar-refractivity contribution < 1.29 is 9.90 Å². The molecule has 0 aliphatic carbocycles. The van der Waals surface area contributed by atoms with Gasteiger partial charge in [0.2, 0.25) is 5.91 Å². The number of amides is 1. The molecular weight excluding hydrogens is 299 g/mol. The van der Waals surface area contributed by atoms with Crippen molar-refractivity contribution in [3.63, 3.8) is 0 Å². The normalized spacial score (nSPS) is 10.6. The summed E-state index contributed by atoms with van der Waals surface area (Å²) in [6.45, 7) is 1.24. The predicted molar refractivity (Wildman–Crippen MR) is 83.5 cm³/mol. The number of nitrogens with one attached hydrogen (secondary N) is 2. The van der Waals surface area contributed by atoms with E-state index in [-0.39, 0.29) is 19.1 Å². The molecule has 0 unspecified atom stereocenters. The Morgan fingerprint density at radius 2 is 1.75 bits per heavy atom. The second-order valence-corrected chi connectivity index (χ2v) is 5.27. The van der Waals surface area contributed by atoms with E-state index in [4.69, 9.17) is 28.3 Å². The van der Waals surface area contributed by atoms with Crippen molar-refractivity contribution >= 4 is 34.8 Å². The minimum Gasteiger partial charge on any atom is -0.396 e. The Kier molecular flexibility index (Phi) is 8.62. The van der Waals surface area contributed by atoms with E-state index in [1.54, 1.807) is 18.2 Å². The smallest absolute Gasteiger partial charge is 0.238 e. The first kappa shape index (κ1) is 17.2. The minimum atomic E-state index is -0.171.